The number of halogens is 3. The summed E-state index contributed by atoms with van der Waals surface area (Å²) >= 11 is 3.16. The van der Waals surface area contributed by atoms with Crippen molar-refractivity contribution in [3.8, 4) is 5.75 Å². The topological polar surface area (TPSA) is 43.4 Å². The van der Waals surface area contributed by atoms with Crippen molar-refractivity contribution in [1.29, 1.82) is 0 Å². The predicted molar refractivity (Wildman–Crippen MR) is 68.3 cm³/mol. The summed E-state index contributed by atoms with van der Waals surface area (Å²) < 4.78 is 55.0. The van der Waals surface area contributed by atoms with E-state index in [-0.39, 0.29) is 4.90 Å². The second-order valence-electron chi connectivity index (χ2n) is 3.57. The van der Waals surface area contributed by atoms with Crippen molar-refractivity contribution in [3.05, 3.63) is 58.6 Å². The summed E-state index contributed by atoms with van der Waals surface area (Å²) in [5.74, 6) is -2.45. The zero-order valence-electron chi connectivity index (χ0n) is 9.31. The Labute approximate surface area is 117 Å². The third kappa shape index (κ3) is 3.30. The highest BCUT2D eigenvalue weighted by Gasteiger charge is 2.18. The van der Waals surface area contributed by atoms with Gasteiger partial charge in [0.2, 0.25) is 0 Å². The molecule has 0 atom stereocenters. The largest absolute Gasteiger partial charge is 0.376 e. The van der Waals surface area contributed by atoms with Crippen LogP contribution in [-0.4, -0.2) is 8.42 Å². The second kappa shape index (κ2) is 5.26. The minimum atomic E-state index is -4.15. The van der Waals surface area contributed by atoms with Gasteiger partial charge in [0, 0.05) is 10.5 Å². The molecule has 0 amide bonds. The van der Waals surface area contributed by atoms with Gasteiger partial charge in [-0.1, -0.05) is 15.9 Å². The molecule has 19 heavy (non-hydrogen) atoms. The van der Waals surface area contributed by atoms with Gasteiger partial charge >= 0.3 is 10.1 Å². The molecule has 0 aliphatic carbocycles. The highest BCUT2D eigenvalue weighted by atomic mass is 79.9. The maximum atomic E-state index is 13.3. The van der Waals surface area contributed by atoms with Crippen molar-refractivity contribution in [2.45, 2.75) is 4.90 Å². The van der Waals surface area contributed by atoms with E-state index in [1.54, 1.807) is 0 Å². The smallest absolute Gasteiger partial charge is 0.339 e. The van der Waals surface area contributed by atoms with Gasteiger partial charge in [-0.3, -0.25) is 0 Å². The van der Waals surface area contributed by atoms with Crippen LogP contribution < -0.4 is 4.18 Å². The first-order chi connectivity index (χ1) is 8.88. The molecule has 0 aromatic heterocycles. The number of hydrogen-bond acceptors (Lipinski definition) is 3. The summed E-state index contributed by atoms with van der Waals surface area (Å²) in [6.07, 6.45) is 0. The van der Waals surface area contributed by atoms with Crippen molar-refractivity contribution in [3.63, 3.8) is 0 Å². The van der Waals surface area contributed by atoms with Crippen LogP contribution in [0.4, 0.5) is 8.78 Å². The molecule has 0 unspecified atom stereocenters. The van der Waals surface area contributed by atoms with Gasteiger partial charge in [-0.2, -0.15) is 8.42 Å². The molecule has 0 spiro atoms. The van der Waals surface area contributed by atoms with Crippen LogP contribution in [0.25, 0.3) is 0 Å². The van der Waals surface area contributed by atoms with E-state index in [2.05, 4.69) is 20.1 Å². The molecule has 0 bridgehead atoms. The molecule has 0 heterocycles. The van der Waals surface area contributed by atoms with Gasteiger partial charge in [0.05, 0.1) is 0 Å². The van der Waals surface area contributed by atoms with Crippen molar-refractivity contribution in [2.75, 3.05) is 0 Å². The van der Waals surface area contributed by atoms with E-state index >= 15 is 0 Å². The lowest BCUT2D eigenvalue weighted by molar-refractivity contribution is 0.457. The van der Waals surface area contributed by atoms with E-state index in [9.17, 15) is 17.2 Å². The van der Waals surface area contributed by atoms with Crippen LogP contribution in [0.2, 0.25) is 0 Å². The molecular formula is C12H7BrF2O3S. The molecule has 0 N–H and O–H groups in total. The predicted octanol–water partition coefficient (Wildman–Crippen LogP) is 3.50. The first-order valence-electron chi connectivity index (χ1n) is 5.03. The Morgan fingerprint density at radius 2 is 1.63 bits per heavy atom. The maximum Gasteiger partial charge on any atom is 0.339 e. The summed E-state index contributed by atoms with van der Waals surface area (Å²) in [6.45, 7) is 0. The molecule has 0 aliphatic heterocycles. The third-order valence-electron chi connectivity index (χ3n) is 2.20. The van der Waals surface area contributed by atoms with Gasteiger partial charge in [0.15, 0.2) is 11.6 Å². The van der Waals surface area contributed by atoms with E-state index in [1.165, 1.54) is 24.3 Å². The molecule has 0 saturated carbocycles. The van der Waals surface area contributed by atoms with Crippen molar-refractivity contribution in [1.82, 2.24) is 0 Å². The molecule has 0 aliphatic rings. The second-order valence-corrected chi connectivity index (χ2v) is 6.03. The summed E-state index contributed by atoms with van der Waals surface area (Å²) in [7, 11) is -4.15. The van der Waals surface area contributed by atoms with Gasteiger partial charge in [0.1, 0.15) is 10.7 Å². The Bertz CT molecular complexity index is 699. The van der Waals surface area contributed by atoms with E-state index in [4.69, 9.17) is 0 Å². The highest BCUT2D eigenvalue weighted by Crippen LogP contribution is 2.23. The first-order valence-corrected chi connectivity index (χ1v) is 7.24. The fraction of sp³-hybridized carbons (Fsp3) is 0. The standard InChI is InChI=1S/C12H7BrF2O3S/c13-8-1-4-10(5-2-8)19(16,17)18-12-6-3-9(14)7-11(12)15/h1-7H. The van der Waals surface area contributed by atoms with Crippen molar-refractivity contribution >= 4 is 26.0 Å². The summed E-state index contributed by atoms with van der Waals surface area (Å²) in [6, 6.07) is 8.01. The first kappa shape index (κ1) is 14.0. The molecule has 2 rings (SSSR count). The van der Waals surface area contributed by atoms with Crippen LogP contribution in [0.3, 0.4) is 0 Å². The van der Waals surface area contributed by atoms with Crippen LogP contribution in [0.5, 0.6) is 5.75 Å². The molecule has 2 aromatic rings. The zero-order valence-corrected chi connectivity index (χ0v) is 11.7. The van der Waals surface area contributed by atoms with Gasteiger partial charge in [-0.15, -0.1) is 0 Å². The lowest BCUT2D eigenvalue weighted by Gasteiger charge is -2.07. The monoisotopic (exact) mass is 348 g/mol. The van der Waals surface area contributed by atoms with Crippen molar-refractivity contribution < 1.29 is 21.4 Å². The molecule has 0 fully saturated rings. The van der Waals surface area contributed by atoms with Crippen LogP contribution in [0.15, 0.2) is 51.8 Å². The minimum Gasteiger partial charge on any atom is -0.376 e. The van der Waals surface area contributed by atoms with Gasteiger partial charge in [-0.25, -0.2) is 8.78 Å². The van der Waals surface area contributed by atoms with Crippen LogP contribution in [0.1, 0.15) is 0 Å². The third-order valence-corrected chi connectivity index (χ3v) is 3.97. The maximum absolute atomic E-state index is 13.3. The van der Waals surface area contributed by atoms with Gasteiger partial charge < -0.3 is 4.18 Å². The number of benzene rings is 2. The van der Waals surface area contributed by atoms with Crippen molar-refractivity contribution in [2.24, 2.45) is 0 Å². The Morgan fingerprint density at radius 1 is 1.00 bits per heavy atom. The number of hydrogen-bond donors (Lipinski definition) is 0. The van der Waals surface area contributed by atoms with E-state index < -0.39 is 27.5 Å². The average Bonchev–Trinajstić information content (AvgIpc) is 2.33. The highest BCUT2D eigenvalue weighted by molar-refractivity contribution is 9.10. The fourth-order valence-corrected chi connectivity index (χ4v) is 2.51. The summed E-state index contributed by atoms with van der Waals surface area (Å²) in [5.41, 5.74) is 0. The quantitative estimate of drug-likeness (QED) is 0.797. The van der Waals surface area contributed by atoms with Crippen LogP contribution in [0, 0.1) is 11.6 Å². The SMILES string of the molecule is O=S(=O)(Oc1ccc(F)cc1F)c1ccc(Br)cc1. The Hall–Kier alpha value is -1.47. The molecule has 0 saturated heterocycles. The zero-order chi connectivity index (χ0) is 14.0. The Balaban J connectivity index is 2.33. The average molecular weight is 349 g/mol. The summed E-state index contributed by atoms with van der Waals surface area (Å²) in [4.78, 5) is -0.126. The van der Waals surface area contributed by atoms with Crippen LogP contribution >= 0.6 is 15.9 Å². The molecule has 0 radical (unpaired) electrons. The normalized spacial score (nSPS) is 11.3. The Morgan fingerprint density at radius 3 is 2.21 bits per heavy atom. The van der Waals surface area contributed by atoms with Gasteiger partial charge in [0.25, 0.3) is 0 Å². The molecule has 2 aromatic carbocycles. The minimum absolute atomic E-state index is 0.126. The number of rotatable bonds is 3. The van der Waals surface area contributed by atoms with E-state index in [0.29, 0.717) is 10.5 Å². The molecule has 100 valence electrons. The van der Waals surface area contributed by atoms with Gasteiger partial charge in [-0.05, 0) is 36.4 Å². The van der Waals surface area contributed by atoms with Crippen LogP contribution in [-0.2, 0) is 10.1 Å². The summed E-state index contributed by atoms with van der Waals surface area (Å²) in [5, 5.41) is 0. The molecular weight excluding hydrogens is 342 g/mol. The Kier molecular flexibility index (Phi) is 3.86. The lowest BCUT2D eigenvalue weighted by atomic mass is 10.3. The lowest BCUT2D eigenvalue weighted by Crippen LogP contribution is -2.10. The van der Waals surface area contributed by atoms with E-state index in [1.807, 2.05) is 0 Å². The molecule has 7 heteroatoms. The molecule has 3 nitrogen and oxygen atoms in total. The fourth-order valence-electron chi connectivity index (χ4n) is 1.31. The van der Waals surface area contributed by atoms with E-state index in [0.717, 1.165) is 12.1 Å².